The van der Waals surface area contributed by atoms with Gasteiger partial charge in [-0.3, -0.25) is 5.10 Å². The number of halogens is 1. The quantitative estimate of drug-likeness (QED) is 0.869. The zero-order chi connectivity index (χ0) is 14.0. The van der Waals surface area contributed by atoms with E-state index in [1.165, 1.54) is 10.7 Å². The molecule has 0 aliphatic heterocycles. The Bertz CT molecular complexity index is 535. The summed E-state index contributed by atoms with van der Waals surface area (Å²) in [5.74, 6) is 0.148. The van der Waals surface area contributed by atoms with Crippen LogP contribution in [0.25, 0.3) is 0 Å². The summed E-state index contributed by atoms with van der Waals surface area (Å²) < 4.78 is 26.7. The second kappa shape index (κ2) is 5.81. The predicted octanol–water partition coefficient (Wildman–Crippen LogP) is 2.41. The molecule has 1 aromatic rings. The SMILES string of the molecule is Cc1[nH]nc(S(=O)(=O)N(C)C2CCCCC2)c1CCl. The number of hydrogen-bond donors (Lipinski definition) is 1. The summed E-state index contributed by atoms with van der Waals surface area (Å²) in [6.45, 7) is 1.78. The van der Waals surface area contributed by atoms with Crippen molar-refractivity contribution >= 4 is 21.6 Å². The number of aromatic amines is 1. The van der Waals surface area contributed by atoms with Gasteiger partial charge in [0.2, 0.25) is 0 Å². The number of hydrogen-bond acceptors (Lipinski definition) is 3. The van der Waals surface area contributed by atoms with Crippen molar-refractivity contribution in [3.8, 4) is 0 Å². The molecule has 1 N–H and O–H groups in total. The lowest BCUT2D eigenvalue weighted by Crippen LogP contribution is -2.38. The van der Waals surface area contributed by atoms with E-state index in [1.54, 1.807) is 14.0 Å². The van der Waals surface area contributed by atoms with Crippen molar-refractivity contribution in [2.45, 2.75) is 56.0 Å². The molecular weight excluding hydrogens is 286 g/mol. The number of alkyl halides is 1. The van der Waals surface area contributed by atoms with Crippen LogP contribution in [-0.2, 0) is 15.9 Å². The Kier molecular flexibility index (Phi) is 4.53. The third kappa shape index (κ3) is 2.80. The zero-order valence-electron chi connectivity index (χ0n) is 11.3. The van der Waals surface area contributed by atoms with E-state index in [4.69, 9.17) is 11.6 Å². The molecule has 5 nitrogen and oxygen atoms in total. The molecule has 1 aromatic heterocycles. The Hall–Kier alpha value is -0.590. The number of H-pyrrole nitrogens is 1. The molecule has 108 valence electrons. The number of aryl methyl sites for hydroxylation is 1. The second-order valence-corrected chi connectivity index (χ2v) is 7.26. The molecule has 7 heteroatoms. The molecule has 1 fully saturated rings. The molecule has 2 rings (SSSR count). The van der Waals surface area contributed by atoms with Gasteiger partial charge in [0.15, 0.2) is 5.03 Å². The van der Waals surface area contributed by atoms with E-state index in [0.29, 0.717) is 11.3 Å². The summed E-state index contributed by atoms with van der Waals surface area (Å²) in [4.78, 5) is 0. The highest BCUT2D eigenvalue weighted by molar-refractivity contribution is 7.89. The van der Waals surface area contributed by atoms with Gasteiger partial charge in [-0.25, -0.2) is 8.42 Å². The van der Waals surface area contributed by atoms with E-state index in [9.17, 15) is 8.42 Å². The van der Waals surface area contributed by atoms with E-state index >= 15 is 0 Å². The highest BCUT2D eigenvalue weighted by atomic mass is 35.5. The number of nitrogens with zero attached hydrogens (tertiary/aromatic N) is 2. The van der Waals surface area contributed by atoms with E-state index in [-0.39, 0.29) is 16.9 Å². The molecule has 0 atom stereocenters. The van der Waals surface area contributed by atoms with Gasteiger partial charge in [0.1, 0.15) is 0 Å². The number of sulfonamides is 1. The first kappa shape index (κ1) is 14.8. The third-order valence-corrected chi connectivity index (χ3v) is 6.03. The van der Waals surface area contributed by atoms with Crippen molar-refractivity contribution in [2.24, 2.45) is 0 Å². The lowest BCUT2D eigenvalue weighted by Gasteiger charge is -2.29. The molecule has 0 radical (unpaired) electrons. The normalized spacial score (nSPS) is 18.1. The maximum absolute atomic E-state index is 12.6. The fourth-order valence-electron chi connectivity index (χ4n) is 2.58. The molecule has 1 saturated carbocycles. The molecule has 1 heterocycles. The van der Waals surface area contributed by atoms with Crippen LogP contribution in [-0.4, -0.2) is 36.0 Å². The van der Waals surface area contributed by atoms with Crippen molar-refractivity contribution in [3.05, 3.63) is 11.3 Å². The van der Waals surface area contributed by atoms with Gasteiger partial charge in [-0.05, 0) is 19.8 Å². The molecule has 19 heavy (non-hydrogen) atoms. The predicted molar refractivity (Wildman–Crippen MR) is 74.7 cm³/mol. The summed E-state index contributed by atoms with van der Waals surface area (Å²) >= 11 is 5.83. The zero-order valence-corrected chi connectivity index (χ0v) is 12.9. The van der Waals surface area contributed by atoms with Crippen molar-refractivity contribution in [2.75, 3.05) is 7.05 Å². The summed E-state index contributed by atoms with van der Waals surface area (Å²) in [7, 11) is -1.91. The highest BCUT2D eigenvalue weighted by Crippen LogP contribution is 2.28. The number of rotatable bonds is 4. The minimum Gasteiger partial charge on any atom is -0.281 e. The molecule has 0 unspecified atom stereocenters. The maximum atomic E-state index is 12.6. The van der Waals surface area contributed by atoms with Crippen LogP contribution in [0, 0.1) is 6.92 Å². The summed E-state index contributed by atoms with van der Waals surface area (Å²) in [6.07, 6.45) is 5.22. The van der Waals surface area contributed by atoms with Gasteiger partial charge in [-0.2, -0.15) is 9.40 Å². The van der Waals surface area contributed by atoms with Gasteiger partial charge in [-0.1, -0.05) is 19.3 Å². The largest absolute Gasteiger partial charge is 0.281 e. The maximum Gasteiger partial charge on any atom is 0.262 e. The standard InChI is InChI=1S/C12H20ClN3O2S/c1-9-11(8-13)12(15-14-9)19(17,18)16(2)10-6-4-3-5-7-10/h10H,3-8H2,1-2H3,(H,14,15). The highest BCUT2D eigenvalue weighted by Gasteiger charge is 2.32. The second-order valence-electron chi connectivity index (χ2n) is 5.08. The smallest absolute Gasteiger partial charge is 0.262 e. The van der Waals surface area contributed by atoms with Crippen LogP contribution in [0.4, 0.5) is 0 Å². The fourth-order valence-corrected chi connectivity index (χ4v) is 4.56. The first-order valence-corrected chi connectivity index (χ1v) is 8.53. The van der Waals surface area contributed by atoms with Crippen molar-refractivity contribution in [1.82, 2.24) is 14.5 Å². The Labute approximate surface area is 119 Å². The van der Waals surface area contributed by atoms with Crippen molar-refractivity contribution in [3.63, 3.8) is 0 Å². The number of nitrogens with one attached hydrogen (secondary N) is 1. The van der Waals surface area contributed by atoms with Gasteiger partial charge < -0.3 is 0 Å². The number of aromatic nitrogens is 2. The summed E-state index contributed by atoms with van der Waals surface area (Å²) in [5.41, 5.74) is 1.29. The molecule has 1 aliphatic carbocycles. The minimum atomic E-state index is -3.55. The first-order valence-electron chi connectivity index (χ1n) is 6.56. The Morgan fingerprint density at radius 3 is 2.58 bits per heavy atom. The monoisotopic (exact) mass is 305 g/mol. The van der Waals surface area contributed by atoms with Crippen LogP contribution in [0.5, 0.6) is 0 Å². The lowest BCUT2D eigenvalue weighted by molar-refractivity contribution is 0.285. The average Bonchev–Trinajstić information content (AvgIpc) is 2.80. The van der Waals surface area contributed by atoms with Gasteiger partial charge in [0.05, 0.1) is 5.88 Å². The Morgan fingerprint density at radius 2 is 2.00 bits per heavy atom. The van der Waals surface area contributed by atoms with Gasteiger partial charge in [0.25, 0.3) is 10.0 Å². The van der Waals surface area contributed by atoms with E-state index in [2.05, 4.69) is 10.2 Å². The molecule has 0 spiro atoms. The van der Waals surface area contributed by atoms with E-state index in [1.807, 2.05) is 0 Å². The van der Waals surface area contributed by atoms with E-state index in [0.717, 1.165) is 25.7 Å². The van der Waals surface area contributed by atoms with Crippen LogP contribution in [0.15, 0.2) is 5.03 Å². The molecule has 1 aliphatic rings. The van der Waals surface area contributed by atoms with Gasteiger partial charge >= 0.3 is 0 Å². The molecule has 0 saturated heterocycles. The van der Waals surface area contributed by atoms with Crippen LogP contribution < -0.4 is 0 Å². The van der Waals surface area contributed by atoms with Crippen LogP contribution in [0.2, 0.25) is 0 Å². The first-order chi connectivity index (χ1) is 8.98. The topological polar surface area (TPSA) is 66.1 Å². The Morgan fingerprint density at radius 1 is 1.37 bits per heavy atom. The summed E-state index contributed by atoms with van der Waals surface area (Å²) in [6, 6.07) is 0.0823. The summed E-state index contributed by atoms with van der Waals surface area (Å²) in [5, 5.41) is 6.72. The molecular formula is C12H20ClN3O2S. The Balaban J connectivity index is 2.30. The third-order valence-electron chi connectivity index (χ3n) is 3.88. The van der Waals surface area contributed by atoms with Crippen LogP contribution in [0.1, 0.15) is 43.4 Å². The lowest BCUT2D eigenvalue weighted by atomic mass is 9.96. The van der Waals surface area contributed by atoms with Crippen LogP contribution in [0.3, 0.4) is 0 Å². The van der Waals surface area contributed by atoms with Gasteiger partial charge in [-0.15, -0.1) is 11.6 Å². The van der Waals surface area contributed by atoms with Gasteiger partial charge in [0, 0.05) is 24.3 Å². The fraction of sp³-hybridized carbons (Fsp3) is 0.750. The van der Waals surface area contributed by atoms with Crippen molar-refractivity contribution in [1.29, 1.82) is 0 Å². The minimum absolute atomic E-state index is 0.0769. The van der Waals surface area contributed by atoms with E-state index < -0.39 is 10.0 Å². The molecule has 0 bridgehead atoms. The van der Waals surface area contributed by atoms with Crippen molar-refractivity contribution < 1.29 is 8.42 Å². The average molecular weight is 306 g/mol. The molecule has 0 aromatic carbocycles. The van der Waals surface area contributed by atoms with Crippen LogP contribution >= 0.6 is 11.6 Å². The molecule has 0 amide bonds.